The standard InChI is InChI=1S/C24H30O4Si/c1-24(2,3)21(15-10-18-28-23(27)17-16-22(25)26)29(19-11-6-4-7-12-19)20-13-8-5-9-14-20/h4-9,11-14,16-17,21,29H,10,15,18H2,1-3H3,(H,25,26). The number of aliphatic carboxylic acids is 1. The minimum absolute atomic E-state index is 0.107. The van der Waals surface area contributed by atoms with E-state index in [9.17, 15) is 9.59 Å². The lowest BCUT2D eigenvalue weighted by Crippen LogP contribution is -2.49. The van der Waals surface area contributed by atoms with Crippen molar-refractivity contribution in [1.29, 1.82) is 0 Å². The number of carboxylic acid groups (broad SMARTS) is 1. The number of rotatable bonds is 9. The van der Waals surface area contributed by atoms with E-state index in [-0.39, 0.29) is 5.41 Å². The fourth-order valence-electron chi connectivity index (χ4n) is 3.74. The Bertz CT molecular complexity index is 770. The van der Waals surface area contributed by atoms with Crippen molar-refractivity contribution in [2.45, 2.75) is 39.2 Å². The third-order valence-electron chi connectivity index (χ3n) is 5.10. The molecule has 29 heavy (non-hydrogen) atoms. The number of carbonyl (C=O) groups is 2. The highest BCUT2D eigenvalue weighted by atomic mass is 28.3. The molecule has 2 aromatic carbocycles. The molecule has 4 nitrogen and oxygen atoms in total. The van der Waals surface area contributed by atoms with Crippen LogP contribution in [0, 0.1) is 5.41 Å². The summed E-state index contributed by atoms with van der Waals surface area (Å²) < 4.78 is 5.17. The maximum absolute atomic E-state index is 11.6. The van der Waals surface area contributed by atoms with Gasteiger partial charge in [0.2, 0.25) is 0 Å². The molecule has 1 N–H and O–H groups in total. The summed E-state index contributed by atoms with van der Waals surface area (Å²) in [6.07, 6.45) is 3.45. The maximum atomic E-state index is 11.6. The molecule has 0 radical (unpaired) electrons. The Morgan fingerprint density at radius 1 is 0.966 bits per heavy atom. The minimum Gasteiger partial charge on any atom is -0.478 e. The Morgan fingerprint density at radius 2 is 1.48 bits per heavy atom. The predicted molar refractivity (Wildman–Crippen MR) is 119 cm³/mol. The minimum atomic E-state index is -1.52. The highest BCUT2D eigenvalue weighted by Crippen LogP contribution is 2.37. The summed E-state index contributed by atoms with van der Waals surface area (Å²) in [6.45, 7) is 7.14. The van der Waals surface area contributed by atoms with E-state index in [1.165, 1.54) is 10.4 Å². The molecule has 0 aliphatic heterocycles. The van der Waals surface area contributed by atoms with E-state index < -0.39 is 20.7 Å². The van der Waals surface area contributed by atoms with Crippen molar-refractivity contribution in [3.63, 3.8) is 0 Å². The van der Waals surface area contributed by atoms with E-state index in [0.717, 1.165) is 25.0 Å². The summed E-state index contributed by atoms with van der Waals surface area (Å²) in [5.74, 6) is -1.77. The number of carbonyl (C=O) groups excluding carboxylic acids is 1. The quantitative estimate of drug-likeness (QED) is 0.298. The van der Waals surface area contributed by atoms with E-state index in [2.05, 4.69) is 81.4 Å². The lowest BCUT2D eigenvalue weighted by Gasteiger charge is -2.37. The first-order valence-corrected chi connectivity index (χ1v) is 11.8. The van der Waals surface area contributed by atoms with Crippen LogP contribution in [0.4, 0.5) is 0 Å². The first-order chi connectivity index (χ1) is 13.8. The zero-order chi connectivity index (χ0) is 21.3. The molecule has 5 heteroatoms. The fourth-order valence-corrected chi connectivity index (χ4v) is 7.90. The van der Waals surface area contributed by atoms with E-state index in [1.807, 2.05) is 0 Å². The van der Waals surface area contributed by atoms with Crippen LogP contribution in [0.25, 0.3) is 0 Å². The monoisotopic (exact) mass is 410 g/mol. The predicted octanol–water partition coefficient (Wildman–Crippen LogP) is 3.41. The second-order valence-electron chi connectivity index (χ2n) is 8.25. The zero-order valence-corrected chi connectivity index (χ0v) is 18.5. The van der Waals surface area contributed by atoms with Gasteiger partial charge in [0.15, 0.2) is 0 Å². The van der Waals surface area contributed by atoms with Crippen molar-refractivity contribution in [1.82, 2.24) is 0 Å². The molecule has 1 atom stereocenters. The number of ether oxygens (including phenoxy) is 1. The third-order valence-corrected chi connectivity index (χ3v) is 9.44. The van der Waals surface area contributed by atoms with Crippen LogP contribution in [-0.4, -0.2) is 32.4 Å². The molecule has 0 bridgehead atoms. The van der Waals surface area contributed by atoms with Crippen LogP contribution in [0.5, 0.6) is 0 Å². The second-order valence-corrected chi connectivity index (χ2v) is 11.3. The van der Waals surface area contributed by atoms with Crippen LogP contribution < -0.4 is 10.4 Å². The Hall–Kier alpha value is -2.66. The van der Waals surface area contributed by atoms with E-state index in [0.29, 0.717) is 12.1 Å². The molecule has 1 unspecified atom stereocenters. The van der Waals surface area contributed by atoms with Gasteiger partial charge < -0.3 is 9.84 Å². The number of carboxylic acids is 1. The smallest absolute Gasteiger partial charge is 0.331 e. The first kappa shape index (κ1) is 22.6. The van der Waals surface area contributed by atoms with Crippen molar-refractivity contribution in [2.75, 3.05) is 6.61 Å². The summed E-state index contributed by atoms with van der Waals surface area (Å²) in [5.41, 5.74) is 0.580. The second kappa shape index (κ2) is 10.8. The van der Waals surface area contributed by atoms with Gasteiger partial charge in [-0.2, -0.15) is 0 Å². The molecule has 2 aromatic rings. The lowest BCUT2D eigenvalue weighted by atomic mass is 9.89. The Morgan fingerprint density at radius 3 is 1.93 bits per heavy atom. The van der Waals surface area contributed by atoms with Crippen molar-refractivity contribution in [3.8, 4) is 0 Å². The van der Waals surface area contributed by atoms with Gasteiger partial charge in [-0.05, 0) is 23.8 Å². The first-order valence-electron chi connectivity index (χ1n) is 9.96. The van der Waals surface area contributed by atoms with Crippen molar-refractivity contribution in [3.05, 3.63) is 72.8 Å². The normalized spacial score (nSPS) is 12.8. The molecular formula is C24H30O4Si. The van der Waals surface area contributed by atoms with Gasteiger partial charge in [-0.25, -0.2) is 9.59 Å². The van der Waals surface area contributed by atoms with Gasteiger partial charge in [-0.3, -0.25) is 0 Å². The Kier molecular flexibility index (Phi) is 8.40. The SMILES string of the molecule is CC(C)(C)C(CCCOC(=O)C=CC(=O)O)[SiH](c1ccccc1)c1ccccc1. The zero-order valence-electron chi connectivity index (χ0n) is 17.4. The molecule has 0 saturated carbocycles. The van der Waals surface area contributed by atoms with Gasteiger partial charge in [0, 0.05) is 12.2 Å². The van der Waals surface area contributed by atoms with Crippen LogP contribution >= 0.6 is 0 Å². The molecular weight excluding hydrogens is 380 g/mol. The highest BCUT2D eigenvalue weighted by Gasteiger charge is 2.35. The molecule has 0 fully saturated rings. The van der Waals surface area contributed by atoms with Gasteiger partial charge >= 0.3 is 11.9 Å². The average Bonchev–Trinajstić information content (AvgIpc) is 2.69. The topological polar surface area (TPSA) is 63.6 Å². The molecule has 0 amide bonds. The van der Waals surface area contributed by atoms with Crippen LogP contribution in [0.1, 0.15) is 33.6 Å². The summed E-state index contributed by atoms with van der Waals surface area (Å²) in [4.78, 5) is 22.1. The van der Waals surface area contributed by atoms with Gasteiger partial charge in [0.05, 0.1) is 6.61 Å². The van der Waals surface area contributed by atoms with E-state index >= 15 is 0 Å². The molecule has 154 valence electrons. The largest absolute Gasteiger partial charge is 0.478 e. The maximum Gasteiger partial charge on any atom is 0.331 e. The molecule has 0 aliphatic carbocycles. The molecule has 0 aromatic heterocycles. The third kappa shape index (κ3) is 7.35. The molecule has 0 saturated heterocycles. The summed E-state index contributed by atoms with van der Waals surface area (Å²) in [6, 6.07) is 21.5. The number of hydrogen-bond acceptors (Lipinski definition) is 3. The molecule has 0 aliphatic rings. The molecule has 0 spiro atoms. The van der Waals surface area contributed by atoms with Gasteiger partial charge in [0.25, 0.3) is 0 Å². The van der Waals surface area contributed by atoms with Crippen LogP contribution in [0.15, 0.2) is 72.8 Å². The highest BCUT2D eigenvalue weighted by molar-refractivity contribution is 6.86. The Balaban J connectivity index is 2.16. The number of benzene rings is 2. The van der Waals surface area contributed by atoms with Gasteiger partial charge in [-0.1, -0.05) is 91.8 Å². The average molecular weight is 411 g/mol. The van der Waals surface area contributed by atoms with Crippen molar-refractivity contribution < 1.29 is 19.4 Å². The fraction of sp³-hybridized carbons (Fsp3) is 0.333. The van der Waals surface area contributed by atoms with Crippen molar-refractivity contribution >= 4 is 31.1 Å². The lowest BCUT2D eigenvalue weighted by molar-refractivity contribution is -0.138. The summed E-state index contributed by atoms with van der Waals surface area (Å²) >= 11 is 0. The molecule has 0 heterocycles. The molecule has 2 rings (SSSR count). The van der Waals surface area contributed by atoms with Crippen molar-refractivity contribution in [2.24, 2.45) is 5.41 Å². The Labute approximate surface area is 174 Å². The van der Waals surface area contributed by atoms with Crippen LogP contribution in [-0.2, 0) is 14.3 Å². The van der Waals surface area contributed by atoms with E-state index in [4.69, 9.17) is 9.84 Å². The van der Waals surface area contributed by atoms with Gasteiger partial charge in [-0.15, -0.1) is 0 Å². The summed E-state index contributed by atoms with van der Waals surface area (Å²) in [5, 5.41) is 11.4. The van der Waals surface area contributed by atoms with Gasteiger partial charge in [0.1, 0.15) is 8.80 Å². The van der Waals surface area contributed by atoms with Crippen LogP contribution in [0.3, 0.4) is 0 Å². The summed E-state index contributed by atoms with van der Waals surface area (Å²) in [7, 11) is -1.52. The van der Waals surface area contributed by atoms with Crippen LogP contribution in [0.2, 0.25) is 5.54 Å². The van der Waals surface area contributed by atoms with E-state index in [1.54, 1.807) is 0 Å². The number of hydrogen-bond donors (Lipinski definition) is 1. The number of esters is 1.